The van der Waals surface area contributed by atoms with Crippen molar-refractivity contribution in [3.63, 3.8) is 0 Å². The second kappa shape index (κ2) is 13.0. The van der Waals surface area contributed by atoms with Gasteiger partial charge in [-0.15, -0.1) is 0 Å². The van der Waals surface area contributed by atoms with Crippen molar-refractivity contribution in [3.05, 3.63) is 0 Å². The van der Waals surface area contributed by atoms with Crippen LogP contribution in [0.2, 0.25) is 0 Å². The molecule has 5 fully saturated rings. The van der Waals surface area contributed by atoms with Gasteiger partial charge < -0.3 is 15.4 Å². The van der Waals surface area contributed by atoms with Crippen LogP contribution in [-0.4, -0.2) is 84.4 Å². The van der Waals surface area contributed by atoms with Crippen LogP contribution in [0, 0.1) is 44.8 Å². The second-order valence-electron chi connectivity index (χ2n) is 18.3. The van der Waals surface area contributed by atoms with Crippen LogP contribution in [0.5, 0.6) is 0 Å². The maximum Gasteiger partial charge on any atom is 0.285 e. The predicted molar refractivity (Wildman–Crippen MR) is 180 cm³/mol. The highest BCUT2D eigenvalue weighted by molar-refractivity contribution is 6.36. The molecule has 2 N–H and O–H groups in total. The zero-order valence-corrected chi connectivity index (χ0v) is 30.3. The number of morpholine rings is 1. The van der Waals surface area contributed by atoms with Crippen molar-refractivity contribution in [2.45, 2.75) is 125 Å². The van der Waals surface area contributed by atoms with Crippen LogP contribution in [0.15, 0.2) is 0 Å². The van der Waals surface area contributed by atoms with Crippen LogP contribution in [0.1, 0.15) is 119 Å². The predicted octanol–water partition coefficient (Wildman–Crippen LogP) is 4.97. The number of nitrogens with two attached hydrogens (primary N) is 1. The Morgan fingerprint density at radius 1 is 0.915 bits per heavy atom. The van der Waals surface area contributed by atoms with Gasteiger partial charge in [-0.2, -0.15) is 0 Å². The number of hydrogen-bond donors (Lipinski definition) is 1. The van der Waals surface area contributed by atoms with E-state index in [1.807, 2.05) is 25.7 Å². The molecule has 9 nitrogen and oxygen atoms in total. The summed E-state index contributed by atoms with van der Waals surface area (Å²) >= 11 is 0. The van der Waals surface area contributed by atoms with Gasteiger partial charge >= 0.3 is 0 Å². The molecule has 5 rings (SSSR count). The maximum atomic E-state index is 14.8. The van der Waals surface area contributed by atoms with Crippen LogP contribution in [-0.2, 0) is 28.7 Å². The molecule has 2 heterocycles. The average Bonchev–Trinajstić information content (AvgIpc) is 3.15. The highest BCUT2D eigenvalue weighted by atomic mass is 16.5. The number of carbonyl (C=O) groups excluding carboxylic acids is 5. The first-order valence-corrected chi connectivity index (χ1v) is 18.3. The minimum Gasteiger partial charge on any atom is -0.379 e. The number of rotatable bonds is 14. The van der Waals surface area contributed by atoms with Gasteiger partial charge in [0.05, 0.1) is 19.3 Å². The number of carbonyl (C=O) groups is 5. The number of nitrogens with zero attached hydrogens (tertiary/aromatic N) is 2. The lowest BCUT2D eigenvalue weighted by Gasteiger charge is -2.37. The van der Waals surface area contributed by atoms with E-state index in [2.05, 4.69) is 32.6 Å². The van der Waals surface area contributed by atoms with Gasteiger partial charge in [0.25, 0.3) is 5.91 Å². The SMILES string of the molecule is CC(C)(CC(=O)C[C@H](C(=O)N1C[C@]2(C[C@H]1C(=O)CC(CC1CCC1)C(=O)C(N)=O)C(C)(C)C21CCC1)C(C)(C)C)CN1CCOCC1. The Labute approximate surface area is 282 Å². The number of amides is 2. The fourth-order valence-electron chi connectivity index (χ4n) is 10.3. The fraction of sp³-hybridized carbons (Fsp3) is 0.868. The Hall–Kier alpha value is -2.13. The summed E-state index contributed by atoms with van der Waals surface area (Å²) in [6.45, 7) is 19.3. The van der Waals surface area contributed by atoms with Crippen molar-refractivity contribution in [3.8, 4) is 0 Å². The average molecular weight is 656 g/mol. The molecule has 1 unspecified atom stereocenters. The summed E-state index contributed by atoms with van der Waals surface area (Å²) in [5.74, 6) is -2.84. The first-order chi connectivity index (χ1) is 21.8. The Kier molecular flexibility index (Phi) is 9.97. The quantitative estimate of drug-likeness (QED) is 0.262. The summed E-state index contributed by atoms with van der Waals surface area (Å²) in [5, 5.41) is 0. The first-order valence-electron chi connectivity index (χ1n) is 18.3. The molecule has 0 radical (unpaired) electrons. The van der Waals surface area contributed by atoms with Crippen LogP contribution in [0.3, 0.4) is 0 Å². The summed E-state index contributed by atoms with van der Waals surface area (Å²) in [5.41, 5.74) is 4.68. The molecule has 4 atom stereocenters. The highest BCUT2D eigenvalue weighted by Crippen LogP contribution is 2.88. The first kappa shape index (κ1) is 36.2. The molecule has 2 spiro atoms. The number of Topliss-reactive ketones (excluding diaryl/α,β-unsaturated/α-hetero) is 3. The van der Waals surface area contributed by atoms with Gasteiger partial charge in [-0.1, -0.05) is 74.1 Å². The van der Waals surface area contributed by atoms with Crippen LogP contribution in [0.4, 0.5) is 0 Å². The van der Waals surface area contributed by atoms with E-state index in [1.165, 1.54) is 0 Å². The number of hydrogen-bond acceptors (Lipinski definition) is 7. The molecule has 0 aromatic carbocycles. The minimum atomic E-state index is -0.988. The maximum absolute atomic E-state index is 14.8. The Morgan fingerprint density at radius 3 is 2.04 bits per heavy atom. The fourth-order valence-corrected chi connectivity index (χ4v) is 10.3. The molecule has 3 saturated carbocycles. The number of fused-ring (bicyclic) bond motifs is 1. The Morgan fingerprint density at radius 2 is 1.55 bits per heavy atom. The lowest BCUT2D eigenvalue weighted by atomic mass is 9.73. The lowest BCUT2D eigenvalue weighted by molar-refractivity contribution is -0.147. The van der Waals surface area contributed by atoms with E-state index in [1.54, 1.807) is 0 Å². The molecule has 3 aliphatic carbocycles. The van der Waals surface area contributed by atoms with E-state index < -0.39 is 35.0 Å². The van der Waals surface area contributed by atoms with Crippen LogP contribution >= 0.6 is 0 Å². The van der Waals surface area contributed by atoms with Gasteiger partial charge in [-0.05, 0) is 53.3 Å². The van der Waals surface area contributed by atoms with Crippen LogP contribution < -0.4 is 5.73 Å². The summed E-state index contributed by atoms with van der Waals surface area (Å²) in [4.78, 5) is 72.0. The van der Waals surface area contributed by atoms with Gasteiger partial charge in [0.1, 0.15) is 5.78 Å². The largest absolute Gasteiger partial charge is 0.379 e. The van der Waals surface area contributed by atoms with Gasteiger partial charge in [-0.25, -0.2) is 0 Å². The summed E-state index contributed by atoms with van der Waals surface area (Å²) in [6, 6.07) is -0.663. The highest BCUT2D eigenvalue weighted by Gasteiger charge is 2.85. The molecular weight excluding hydrogens is 594 g/mol. The molecule has 9 heteroatoms. The van der Waals surface area contributed by atoms with Gasteiger partial charge in [0.2, 0.25) is 11.7 Å². The van der Waals surface area contributed by atoms with Crippen molar-refractivity contribution in [2.75, 3.05) is 39.4 Å². The molecule has 0 aromatic heterocycles. The van der Waals surface area contributed by atoms with E-state index in [0.717, 1.165) is 58.2 Å². The van der Waals surface area contributed by atoms with Gasteiger partial charge in [0.15, 0.2) is 5.78 Å². The summed E-state index contributed by atoms with van der Waals surface area (Å²) in [6.07, 6.45) is 7.99. The number of primary amides is 1. The number of likely N-dealkylation sites (tertiary alicyclic amines) is 1. The van der Waals surface area contributed by atoms with E-state index in [-0.39, 0.29) is 52.0 Å². The standard InChI is InChI=1S/C38H61N3O6/c1-34(2,3)28(20-27(42)21-35(4,5)23-40-14-16-47-17-15-40)33(46)41-24-38(36(6,7)37(38)12-9-13-37)22-29(41)30(43)19-26(31(44)32(39)45)18-25-10-8-11-25/h25-26,28-29H,8-24H2,1-7H3,(H2,39,45)/t26?,28-,29+,38-/m1/s1. The third-order valence-corrected chi connectivity index (χ3v) is 13.6. The smallest absolute Gasteiger partial charge is 0.285 e. The molecule has 2 amide bonds. The molecular formula is C38H61N3O6. The second-order valence-corrected chi connectivity index (χ2v) is 18.3. The zero-order chi connectivity index (χ0) is 34.6. The van der Waals surface area contributed by atoms with Crippen molar-refractivity contribution in [1.82, 2.24) is 9.80 Å². The third-order valence-electron chi connectivity index (χ3n) is 13.6. The molecule has 47 heavy (non-hydrogen) atoms. The van der Waals surface area contributed by atoms with E-state index >= 15 is 0 Å². The lowest BCUT2D eigenvalue weighted by Crippen LogP contribution is -2.48. The molecule has 264 valence electrons. The number of ketones is 3. The number of ether oxygens (including phenoxy) is 1. The third kappa shape index (κ3) is 6.73. The zero-order valence-electron chi connectivity index (χ0n) is 30.3. The van der Waals surface area contributed by atoms with Crippen molar-refractivity contribution >= 4 is 29.2 Å². The van der Waals surface area contributed by atoms with E-state index in [4.69, 9.17) is 10.5 Å². The van der Waals surface area contributed by atoms with E-state index in [0.29, 0.717) is 44.9 Å². The minimum absolute atomic E-state index is 0.00322. The Balaban J connectivity index is 1.37. The molecule has 0 aromatic rings. The van der Waals surface area contributed by atoms with Gasteiger partial charge in [-0.3, -0.25) is 28.9 Å². The van der Waals surface area contributed by atoms with Gasteiger partial charge in [0, 0.05) is 62.7 Å². The van der Waals surface area contributed by atoms with Crippen LogP contribution in [0.25, 0.3) is 0 Å². The van der Waals surface area contributed by atoms with Crippen molar-refractivity contribution in [1.29, 1.82) is 0 Å². The normalized spacial score (nSPS) is 28.4. The monoisotopic (exact) mass is 655 g/mol. The summed E-state index contributed by atoms with van der Waals surface area (Å²) < 4.78 is 5.50. The van der Waals surface area contributed by atoms with Crippen molar-refractivity contribution < 1.29 is 28.7 Å². The molecule has 2 saturated heterocycles. The topological polar surface area (TPSA) is 127 Å². The van der Waals surface area contributed by atoms with E-state index in [9.17, 15) is 24.0 Å². The molecule has 0 bridgehead atoms. The molecule has 5 aliphatic rings. The Bertz CT molecular complexity index is 1250. The summed E-state index contributed by atoms with van der Waals surface area (Å²) in [7, 11) is 0. The molecule has 2 aliphatic heterocycles. The van der Waals surface area contributed by atoms with Crippen molar-refractivity contribution in [2.24, 2.45) is 50.6 Å².